The summed E-state index contributed by atoms with van der Waals surface area (Å²) in [6.45, 7) is 3.47. The van der Waals surface area contributed by atoms with E-state index in [-0.39, 0.29) is 10.8 Å². The van der Waals surface area contributed by atoms with Crippen molar-refractivity contribution in [1.82, 2.24) is 9.97 Å². The van der Waals surface area contributed by atoms with Crippen LogP contribution in [-0.4, -0.2) is 37.2 Å². The van der Waals surface area contributed by atoms with Crippen molar-refractivity contribution in [2.75, 3.05) is 17.3 Å². The first-order chi connectivity index (χ1) is 12.7. The van der Waals surface area contributed by atoms with Crippen LogP contribution >= 0.6 is 0 Å². The molecule has 0 unspecified atom stereocenters. The standard InChI is InChI=1S/C16H16N6O4S/c1-10-8-11(2)19-16(18-10)22-27(24,25)13-6-4-12(5-7-13)20-21-14(9-17)15(23)26-3/h4-8,20H,1-3H3,(H,18,19,22)/b21-14-. The van der Waals surface area contributed by atoms with Crippen LogP contribution in [0.2, 0.25) is 0 Å². The Balaban J connectivity index is 2.17. The number of ether oxygens (including phenoxy) is 1. The van der Waals surface area contributed by atoms with Crippen molar-refractivity contribution < 1.29 is 17.9 Å². The molecule has 0 atom stereocenters. The number of anilines is 2. The Kier molecular flexibility index (Phi) is 6.04. The molecule has 0 aliphatic rings. The highest BCUT2D eigenvalue weighted by atomic mass is 32.2. The number of rotatable bonds is 6. The van der Waals surface area contributed by atoms with E-state index in [9.17, 15) is 13.2 Å². The number of carbonyl (C=O) groups is 1. The van der Waals surface area contributed by atoms with Crippen LogP contribution in [0.1, 0.15) is 11.4 Å². The number of esters is 1. The van der Waals surface area contributed by atoms with Gasteiger partial charge in [-0.15, -0.1) is 0 Å². The van der Waals surface area contributed by atoms with Crippen molar-refractivity contribution in [2.24, 2.45) is 5.10 Å². The number of benzene rings is 1. The second-order valence-electron chi connectivity index (χ2n) is 5.28. The second kappa shape index (κ2) is 8.24. The summed E-state index contributed by atoms with van der Waals surface area (Å²) in [5, 5.41) is 12.4. The molecule has 1 aromatic heterocycles. The van der Waals surface area contributed by atoms with Crippen LogP contribution in [-0.2, 0) is 19.6 Å². The topological polar surface area (TPSA) is 146 Å². The normalized spacial score (nSPS) is 11.4. The molecule has 10 nitrogen and oxygen atoms in total. The Morgan fingerprint density at radius 2 is 1.78 bits per heavy atom. The third kappa shape index (κ3) is 5.23. The molecule has 11 heteroatoms. The number of hydrogen-bond acceptors (Lipinski definition) is 9. The van der Waals surface area contributed by atoms with Gasteiger partial charge < -0.3 is 4.74 Å². The van der Waals surface area contributed by atoms with Gasteiger partial charge in [-0.25, -0.2) is 27.9 Å². The van der Waals surface area contributed by atoms with Crippen molar-refractivity contribution in [1.29, 1.82) is 5.26 Å². The number of nitriles is 1. The summed E-state index contributed by atoms with van der Waals surface area (Å²) in [5.41, 5.74) is 3.65. The summed E-state index contributed by atoms with van der Waals surface area (Å²) in [5.74, 6) is -0.905. The number of hydrogen-bond donors (Lipinski definition) is 2. The van der Waals surface area contributed by atoms with Crippen LogP contribution < -0.4 is 10.1 Å². The average Bonchev–Trinajstić information content (AvgIpc) is 2.61. The van der Waals surface area contributed by atoms with Gasteiger partial charge in [0.25, 0.3) is 10.0 Å². The summed E-state index contributed by atoms with van der Waals surface area (Å²) in [4.78, 5) is 19.3. The van der Waals surface area contributed by atoms with Crippen LogP contribution in [0.25, 0.3) is 0 Å². The van der Waals surface area contributed by atoms with E-state index in [1.54, 1.807) is 26.0 Å². The maximum absolute atomic E-state index is 12.4. The predicted octanol–water partition coefficient (Wildman–Crippen LogP) is 1.36. The smallest absolute Gasteiger partial charge is 0.369 e. The van der Waals surface area contributed by atoms with E-state index in [0.717, 1.165) is 7.11 Å². The van der Waals surface area contributed by atoms with Gasteiger partial charge in [0, 0.05) is 11.4 Å². The maximum Gasteiger partial charge on any atom is 0.369 e. The molecule has 1 heterocycles. The third-order valence-electron chi connectivity index (χ3n) is 3.15. The van der Waals surface area contributed by atoms with Gasteiger partial charge in [-0.1, -0.05) is 0 Å². The highest BCUT2D eigenvalue weighted by Gasteiger charge is 2.16. The molecule has 0 bridgehead atoms. The molecule has 0 aliphatic heterocycles. The number of hydrazone groups is 1. The Labute approximate surface area is 156 Å². The van der Waals surface area contributed by atoms with E-state index in [0.29, 0.717) is 17.1 Å². The van der Waals surface area contributed by atoms with Gasteiger partial charge in [-0.3, -0.25) is 5.43 Å². The summed E-state index contributed by atoms with van der Waals surface area (Å²) in [7, 11) is -2.76. The minimum absolute atomic E-state index is 0.0176. The quantitative estimate of drug-likeness (QED) is 0.428. The highest BCUT2D eigenvalue weighted by molar-refractivity contribution is 7.92. The third-order valence-corrected chi connectivity index (χ3v) is 4.50. The zero-order valence-electron chi connectivity index (χ0n) is 14.7. The fourth-order valence-electron chi connectivity index (χ4n) is 1.99. The number of nitrogens with zero attached hydrogens (tertiary/aromatic N) is 4. The van der Waals surface area contributed by atoms with Crippen molar-refractivity contribution in [3.8, 4) is 6.07 Å². The molecule has 27 heavy (non-hydrogen) atoms. The van der Waals surface area contributed by atoms with Crippen molar-refractivity contribution in [2.45, 2.75) is 18.7 Å². The van der Waals surface area contributed by atoms with Crippen molar-refractivity contribution in [3.05, 3.63) is 41.7 Å². The number of sulfonamides is 1. The van der Waals surface area contributed by atoms with Gasteiger partial charge in [0.15, 0.2) is 0 Å². The van der Waals surface area contributed by atoms with E-state index >= 15 is 0 Å². The Bertz CT molecular complexity index is 1010. The second-order valence-corrected chi connectivity index (χ2v) is 6.96. The van der Waals surface area contributed by atoms with E-state index in [2.05, 4.69) is 30.0 Å². The monoisotopic (exact) mass is 388 g/mol. The molecule has 2 N–H and O–H groups in total. The van der Waals surface area contributed by atoms with Gasteiger partial charge >= 0.3 is 5.97 Å². The van der Waals surface area contributed by atoms with Crippen LogP contribution in [0, 0.1) is 25.2 Å². The van der Waals surface area contributed by atoms with Gasteiger partial charge in [0.05, 0.1) is 17.7 Å². The molecule has 0 amide bonds. The molecular weight excluding hydrogens is 372 g/mol. The molecule has 0 fully saturated rings. The number of nitrogens with one attached hydrogen (secondary N) is 2. The lowest BCUT2D eigenvalue weighted by Crippen LogP contribution is -2.16. The summed E-state index contributed by atoms with van der Waals surface area (Å²) < 4.78 is 31.6. The van der Waals surface area contributed by atoms with E-state index < -0.39 is 21.7 Å². The minimum atomic E-state index is -3.88. The van der Waals surface area contributed by atoms with Gasteiger partial charge in [0.1, 0.15) is 6.07 Å². The average molecular weight is 388 g/mol. The van der Waals surface area contributed by atoms with Crippen molar-refractivity contribution in [3.63, 3.8) is 0 Å². The fourth-order valence-corrected chi connectivity index (χ4v) is 2.94. The molecule has 0 radical (unpaired) electrons. The number of methoxy groups -OCH3 is 1. The molecule has 0 saturated carbocycles. The first-order valence-corrected chi connectivity index (χ1v) is 9.01. The molecule has 140 valence electrons. The summed E-state index contributed by atoms with van der Waals surface area (Å²) in [6, 6.07) is 8.81. The lowest BCUT2D eigenvalue weighted by Gasteiger charge is -2.08. The fraction of sp³-hybridized carbons (Fsp3) is 0.188. The first-order valence-electron chi connectivity index (χ1n) is 7.52. The Hall–Kier alpha value is -3.52. The van der Waals surface area contributed by atoms with E-state index in [1.165, 1.54) is 24.3 Å². The molecule has 2 rings (SSSR count). The molecule has 2 aromatic rings. The largest absolute Gasteiger partial charge is 0.464 e. The lowest BCUT2D eigenvalue weighted by molar-refractivity contribution is -0.132. The van der Waals surface area contributed by atoms with Crippen LogP contribution in [0.15, 0.2) is 40.3 Å². The molecular formula is C16H16N6O4S. The predicted molar refractivity (Wildman–Crippen MR) is 97.4 cm³/mol. The Morgan fingerprint density at radius 1 is 1.19 bits per heavy atom. The number of aryl methyl sites for hydroxylation is 2. The lowest BCUT2D eigenvalue weighted by atomic mass is 10.3. The summed E-state index contributed by atoms with van der Waals surface area (Å²) in [6.07, 6.45) is 0. The highest BCUT2D eigenvalue weighted by Crippen LogP contribution is 2.17. The zero-order chi connectivity index (χ0) is 20.0. The molecule has 0 spiro atoms. The van der Waals surface area contributed by atoms with Crippen LogP contribution in [0.3, 0.4) is 0 Å². The number of carbonyl (C=O) groups excluding carboxylic acids is 1. The van der Waals surface area contributed by atoms with E-state index in [1.807, 2.05) is 0 Å². The van der Waals surface area contributed by atoms with Crippen LogP contribution in [0.5, 0.6) is 0 Å². The first kappa shape index (κ1) is 19.8. The summed E-state index contributed by atoms with van der Waals surface area (Å²) >= 11 is 0. The zero-order valence-corrected chi connectivity index (χ0v) is 15.5. The van der Waals surface area contributed by atoms with E-state index in [4.69, 9.17) is 5.26 Å². The maximum atomic E-state index is 12.4. The molecule has 1 aromatic carbocycles. The van der Waals surface area contributed by atoms with Gasteiger partial charge in [-0.05, 0) is 44.2 Å². The molecule has 0 saturated heterocycles. The number of aromatic nitrogens is 2. The SMILES string of the molecule is COC(=O)/C(C#N)=N\Nc1ccc(S(=O)(=O)Nc2nc(C)cc(C)n2)cc1. The minimum Gasteiger partial charge on any atom is -0.464 e. The Morgan fingerprint density at radius 3 is 2.30 bits per heavy atom. The van der Waals surface area contributed by atoms with Crippen molar-refractivity contribution >= 4 is 33.3 Å². The van der Waals surface area contributed by atoms with Crippen LogP contribution in [0.4, 0.5) is 11.6 Å². The van der Waals surface area contributed by atoms with Gasteiger partial charge in [0.2, 0.25) is 11.7 Å². The van der Waals surface area contributed by atoms with Gasteiger partial charge in [-0.2, -0.15) is 10.4 Å². The molecule has 0 aliphatic carbocycles.